The lowest BCUT2D eigenvalue weighted by Gasteiger charge is -2.10. The van der Waals surface area contributed by atoms with Crippen molar-refractivity contribution in [3.05, 3.63) is 34.9 Å². The Morgan fingerprint density at radius 3 is 2.79 bits per heavy atom. The second-order valence-electron chi connectivity index (χ2n) is 5.20. The minimum Gasteiger partial charge on any atom is -0.352 e. The van der Waals surface area contributed by atoms with Crippen LogP contribution in [0.1, 0.15) is 34.3 Å². The van der Waals surface area contributed by atoms with E-state index < -0.39 is 0 Å². The monoisotopic (exact) mass is 282 g/mol. The normalized spacial score (nSPS) is 17.9. The average Bonchev–Trinajstić information content (AvgIpc) is 2.85. The number of halogens is 1. The van der Waals surface area contributed by atoms with Crippen molar-refractivity contribution in [2.45, 2.75) is 26.7 Å². The van der Waals surface area contributed by atoms with Crippen LogP contribution in [0, 0.1) is 19.8 Å². The fraction of sp³-hybridized carbons (Fsp3) is 0.533. The first-order valence-corrected chi connectivity index (χ1v) is 6.73. The van der Waals surface area contributed by atoms with Gasteiger partial charge >= 0.3 is 0 Å². The van der Waals surface area contributed by atoms with E-state index in [2.05, 4.69) is 17.6 Å². The molecule has 1 saturated heterocycles. The van der Waals surface area contributed by atoms with Crippen molar-refractivity contribution >= 4 is 18.3 Å². The number of benzene rings is 1. The lowest BCUT2D eigenvalue weighted by atomic mass is 10.0. The van der Waals surface area contributed by atoms with Gasteiger partial charge in [0.05, 0.1) is 0 Å². The summed E-state index contributed by atoms with van der Waals surface area (Å²) < 4.78 is 0. The van der Waals surface area contributed by atoms with Crippen molar-refractivity contribution in [1.29, 1.82) is 0 Å². The molecule has 0 spiro atoms. The third-order valence-corrected chi connectivity index (χ3v) is 3.77. The van der Waals surface area contributed by atoms with Gasteiger partial charge in [0.1, 0.15) is 0 Å². The van der Waals surface area contributed by atoms with Crippen LogP contribution in [0.2, 0.25) is 0 Å². The molecule has 0 saturated carbocycles. The highest BCUT2D eigenvalue weighted by molar-refractivity contribution is 5.94. The van der Waals surface area contributed by atoms with Crippen molar-refractivity contribution in [2.24, 2.45) is 5.92 Å². The first kappa shape index (κ1) is 16.0. The Morgan fingerprint density at radius 1 is 1.37 bits per heavy atom. The molecule has 0 bridgehead atoms. The molecule has 1 fully saturated rings. The Hall–Kier alpha value is -1.06. The molecule has 0 aromatic heterocycles. The topological polar surface area (TPSA) is 41.1 Å². The number of nitrogens with one attached hydrogen (secondary N) is 2. The van der Waals surface area contributed by atoms with Gasteiger partial charge in [0, 0.05) is 12.1 Å². The molecule has 1 aliphatic heterocycles. The molecule has 106 valence electrons. The Balaban J connectivity index is 0.00000180. The van der Waals surface area contributed by atoms with Crippen LogP contribution in [0.15, 0.2) is 18.2 Å². The maximum atomic E-state index is 12.0. The summed E-state index contributed by atoms with van der Waals surface area (Å²) in [5, 5.41) is 6.35. The molecular weight excluding hydrogens is 260 g/mol. The first-order chi connectivity index (χ1) is 8.66. The van der Waals surface area contributed by atoms with E-state index in [1.807, 2.05) is 25.1 Å². The fourth-order valence-corrected chi connectivity index (χ4v) is 2.34. The van der Waals surface area contributed by atoms with Crippen LogP contribution in [-0.4, -0.2) is 25.5 Å². The molecule has 1 unspecified atom stereocenters. The highest BCUT2D eigenvalue weighted by Gasteiger charge is 2.14. The van der Waals surface area contributed by atoms with Gasteiger partial charge in [0.25, 0.3) is 5.91 Å². The molecule has 1 amide bonds. The van der Waals surface area contributed by atoms with Gasteiger partial charge in [-0.3, -0.25) is 4.79 Å². The van der Waals surface area contributed by atoms with E-state index in [0.29, 0.717) is 0 Å². The largest absolute Gasteiger partial charge is 0.352 e. The minimum absolute atomic E-state index is 0. The standard InChI is InChI=1S/C15H22N2O.ClH/c1-11-3-4-14(9-12(11)2)15(18)17-8-6-13-5-7-16-10-13;/h3-4,9,13,16H,5-8,10H2,1-2H3,(H,17,18);1H. The van der Waals surface area contributed by atoms with Crippen LogP contribution >= 0.6 is 12.4 Å². The highest BCUT2D eigenvalue weighted by atomic mass is 35.5. The molecule has 19 heavy (non-hydrogen) atoms. The fourth-order valence-electron chi connectivity index (χ4n) is 2.34. The second kappa shape index (κ2) is 7.51. The zero-order valence-corrected chi connectivity index (χ0v) is 12.5. The van der Waals surface area contributed by atoms with Crippen LogP contribution in [0.25, 0.3) is 0 Å². The molecule has 1 aromatic rings. The Bertz CT molecular complexity index is 428. The average molecular weight is 283 g/mol. The predicted molar refractivity (Wildman–Crippen MR) is 81.1 cm³/mol. The Kier molecular flexibility index (Phi) is 6.32. The smallest absolute Gasteiger partial charge is 0.251 e. The van der Waals surface area contributed by atoms with Crippen molar-refractivity contribution in [3.8, 4) is 0 Å². The summed E-state index contributed by atoms with van der Waals surface area (Å²) in [6.07, 6.45) is 2.31. The molecule has 1 aromatic carbocycles. The highest BCUT2D eigenvalue weighted by Crippen LogP contribution is 2.12. The maximum Gasteiger partial charge on any atom is 0.251 e. The molecule has 2 N–H and O–H groups in total. The summed E-state index contributed by atoms with van der Waals surface area (Å²) in [7, 11) is 0. The number of aryl methyl sites for hydroxylation is 2. The summed E-state index contributed by atoms with van der Waals surface area (Å²) in [5.41, 5.74) is 3.16. The van der Waals surface area contributed by atoms with Gasteiger partial charge in [0.2, 0.25) is 0 Å². The summed E-state index contributed by atoms with van der Waals surface area (Å²) in [5.74, 6) is 0.772. The van der Waals surface area contributed by atoms with Crippen LogP contribution in [0.3, 0.4) is 0 Å². The molecule has 0 radical (unpaired) electrons. The Labute approximate surface area is 121 Å². The van der Waals surface area contributed by atoms with E-state index in [-0.39, 0.29) is 18.3 Å². The van der Waals surface area contributed by atoms with Gasteiger partial charge in [0.15, 0.2) is 0 Å². The predicted octanol–water partition coefficient (Wildman–Crippen LogP) is 2.45. The first-order valence-electron chi connectivity index (χ1n) is 6.73. The number of carbonyl (C=O) groups is 1. The molecule has 1 atom stereocenters. The summed E-state index contributed by atoms with van der Waals surface area (Å²) >= 11 is 0. The zero-order valence-electron chi connectivity index (χ0n) is 11.7. The number of hydrogen-bond donors (Lipinski definition) is 2. The van der Waals surface area contributed by atoms with Crippen molar-refractivity contribution < 1.29 is 4.79 Å². The quantitative estimate of drug-likeness (QED) is 0.891. The van der Waals surface area contributed by atoms with Gasteiger partial charge < -0.3 is 10.6 Å². The van der Waals surface area contributed by atoms with Crippen LogP contribution in [-0.2, 0) is 0 Å². The summed E-state index contributed by atoms with van der Waals surface area (Å²) in [4.78, 5) is 12.0. The van der Waals surface area contributed by atoms with Crippen LogP contribution in [0.5, 0.6) is 0 Å². The summed E-state index contributed by atoms with van der Waals surface area (Å²) in [6, 6.07) is 5.86. The van der Waals surface area contributed by atoms with Crippen molar-refractivity contribution in [1.82, 2.24) is 10.6 Å². The molecule has 3 nitrogen and oxygen atoms in total. The van der Waals surface area contributed by atoms with Gasteiger partial charge in [-0.1, -0.05) is 6.07 Å². The lowest BCUT2D eigenvalue weighted by Crippen LogP contribution is -2.26. The zero-order chi connectivity index (χ0) is 13.0. The van der Waals surface area contributed by atoms with Gasteiger partial charge in [-0.2, -0.15) is 0 Å². The molecule has 1 heterocycles. The number of carbonyl (C=O) groups excluding carboxylic acids is 1. The second-order valence-corrected chi connectivity index (χ2v) is 5.20. The number of hydrogen-bond acceptors (Lipinski definition) is 2. The molecule has 1 aliphatic rings. The van der Waals surface area contributed by atoms with Crippen LogP contribution in [0.4, 0.5) is 0 Å². The molecule has 2 rings (SSSR count). The van der Waals surface area contributed by atoms with E-state index in [1.54, 1.807) is 0 Å². The number of amides is 1. The van der Waals surface area contributed by atoms with Gasteiger partial charge in [-0.25, -0.2) is 0 Å². The van der Waals surface area contributed by atoms with Crippen molar-refractivity contribution in [3.63, 3.8) is 0 Å². The minimum atomic E-state index is 0. The Morgan fingerprint density at radius 2 is 2.16 bits per heavy atom. The third kappa shape index (κ3) is 4.51. The third-order valence-electron chi connectivity index (χ3n) is 3.77. The molecule has 0 aliphatic carbocycles. The summed E-state index contributed by atoms with van der Waals surface area (Å²) in [6.45, 7) is 7.09. The maximum absolute atomic E-state index is 12.0. The van der Waals surface area contributed by atoms with Gasteiger partial charge in [-0.15, -0.1) is 12.4 Å². The van der Waals surface area contributed by atoms with E-state index in [1.165, 1.54) is 17.5 Å². The van der Waals surface area contributed by atoms with E-state index in [4.69, 9.17) is 0 Å². The SMILES string of the molecule is Cc1ccc(C(=O)NCCC2CCNC2)cc1C.Cl. The molecule has 4 heteroatoms. The molecular formula is C15H23ClN2O. The van der Waals surface area contributed by atoms with Crippen molar-refractivity contribution in [2.75, 3.05) is 19.6 Å². The van der Waals surface area contributed by atoms with Gasteiger partial charge in [-0.05, 0) is 69.0 Å². The number of rotatable bonds is 4. The van der Waals surface area contributed by atoms with E-state index in [0.717, 1.165) is 37.5 Å². The van der Waals surface area contributed by atoms with Crippen LogP contribution < -0.4 is 10.6 Å². The van der Waals surface area contributed by atoms with E-state index in [9.17, 15) is 4.79 Å². The van der Waals surface area contributed by atoms with E-state index >= 15 is 0 Å². The lowest BCUT2D eigenvalue weighted by molar-refractivity contribution is 0.0951.